The van der Waals surface area contributed by atoms with Crippen LogP contribution in [0.4, 0.5) is 17.6 Å². The van der Waals surface area contributed by atoms with E-state index in [0.29, 0.717) is 45.8 Å². The van der Waals surface area contributed by atoms with Crippen molar-refractivity contribution in [3.63, 3.8) is 0 Å². The van der Waals surface area contributed by atoms with Crippen molar-refractivity contribution in [2.75, 3.05) is 63.5 Å². The number of fused-ring (bicyclic) bond motifs is 2. The zero-order chi connectivity index (χ0) is 60.7. The summed E-state index contributed by atoms with van der Waals surface area (Å²) in [5, 5.41) is 15.7. The number of halogens is 4. The third-order valence-corrected chi connectivity index (χ3v) is 14.6. The molecule has 9 atom stereocenters. The van der Waals surface area contributed by atoms with Crippen LogP contribution < -0.4 is 10.6 Å². The molecule has 3 unspecified atom stereocenters. The van der Waals surface area contributed by atoms with Gasteiger partial charge in [-0.3, -0.25) is 18.8 Å². The van der Waals surface area contributed by atoms with Crippen LogP contribution in [-0.4, -0.2) is 136 Å². The first kappa shape index (κ1) is 74.8. The lowest BCUT2D eigenvalue weighted by atomic mass is 9.75. The number of aliphatic hydroxyl groups excluding tert-OH is 1. The van der Waals surface area contributed by atoms with E-state index in [0.717, 1.165) is 26.4 Å². The highest BCUT2D eigenvalue weighted by molar-refractivity contribution is 8.33. The van der Waals surface area contributed by atoms with Crippen LogP contribution in [0.15, 0.2) is 138 Å². The minimum absolute atomic E-state index is 0. The maximum Gasteiger partial charge on any atom is 0.425 e. The van der Waals surface area contributed by atoms with Crippen LogP contribution in [0.1, 0.15) is 65.5 Å². The Hall–Kier alpha value is -4.27. The third-order valence-electron chi connectivity index (χ3n) is 12.5. The van der Waals surface area contributed by atoms with E-state index in [9.17, 15) is 41.3 Å². The molecular weight excluding hydrogens is 1230 g/mol. The van der Waals surface area contributed by atoms with Gasteiger partial charge in [0, 0.05) is 93.4 Å². The van der Waals surface area contributed by atoms with Gasteiger partial charge >= 0.3 is 10.6 Å². The van der Waals surface area contributed by atoms with Gasteiger partial charge in [-0.15, -0.1) is 30.5 Å². The molecule has 0 spiro atoms. The van der Waals surface area contributed by atoms with E-state index in [2.05, 4.69) is 64.1 Å². The molecular formula is C55H72F4N6O10P4S4. The van der Waals surface area contributed by atoms with Gasteiger partial charge in [0.25, 0.3) is 11.8 Å². The van der Waals surface area contributed by atoms with Crippen molar-refractivity contribution in [1.29, 1.82) is 0 Å². The molecule has 2 saturated heterocycles. The Labute approximate surface area is 505 Å². The van der Waals surface area contributed by atoms with E-state index < -0.39 is 61.9 Å². The molecule has 0 radical (unpaired) electrons. The fourth-order valence-corrected chi connectivity index (χ4v) is 10.9. The van der Waals surface area contributed by atoms with Crippen LogP contribution in [0.25, 0.3) is 0 Å². The summed E-state index contributed by atoms with van der Waals surface area (Å²) in [6.07, 6.45) is 7.42. The highest BCUT2D eigenvalue weighted by atomic mass is 32.4. The number of aliphatic hydroxyl groups is 1. The number of carbonyl (C=O) groups is 3. The number of rotatable bonds is 9. The first-order valence-corrected chi connectivity index (χ1v) is 35.0. The number of hydrogen-bond donors (Lipinski definition) is 3. The van der Waals surface area contributed by atoms with Crippen molar-refractivity contribution >= 4 is 109 Å². The number of hydrogen-bond acceptors (Lipinski definition) is 16. The van der Waals surface area contributed by atoms with Crippen molar-refractivity contribution in [3.8, 4) is 0 Å². The summed E-state index contributed by atoms with van der Waals surface area (Å²) in [6.45, 7) is 10.00. The summed E-state index contributed by atoms with van der Waals surface area (Å²) in [4.78, 5) is 51.8. The van der Waals surface area contributed by atoms with Crippen LogP contribution in [-0.2, 0) is 46.8 Å². The van der Waals surface area contributed by atoms with Gasteiger partial charge in [0.15, 0.2) is 10.3 Å². The van der Waals surface area contributed by atoms with Crippen molar-refractivity contribution in [2.45, 2.75) is 56.9 Å². The number of pyridine rings is 1. The molecule has 2 fully saturated rings. The molecule has 5 heterocycles. The molecule has 4 aliphatic rings. The van der Waals surface area contributed by atoms with Crippen molar-refractivity contribution in [3.05, 3.63) is 173 Å². The standard InChI is InChI=1S/C21H20F2N2O3S.C21H18F2N2O3S.C6H15N.C5H5N.C2H6OS.O3S.H5P3.H3P/c2*22-15-6-7-17(18(23)9-15)21-12-28-16(10-26)8-14(21)11-29-20(25-21)24-19(27)13-4-2-1-3-5-13;1-4-7(5-2)6-3;1-2-4-6-5-3-1;2*1-4(2)3;1-3-2;/h1-7,9,14,16,26H,8,10-12H2,(H,24,25,27);1-7,9-10,14,16H,8,11-12H2,(H,24,25,27);4-6H2,1-3H3;1-5H;1-2H3;;3H,1-2H2;1H3/t2*14-,16+,21-;;;;;;/m00....../s1. The van der Waals surface area contributed by atoms with Crippen molar-refractivity contribution in [2.24, 2.45) is 21.8 Å². The SMILES string of the molecule is CCN(CC)CC.CS(C)=O.O=C(NC1=N[C@@]2(c3ccc(F)cc3F)CO[C@@H](CO)C[C@H]2CS1)c1ccccc1.O=C[C@H]1C[C@H]2CSC(NC(=O)c3ccccc3)=N[C@@]2(c2ccc(F)cc2F)CO1.O=S(=O)=O.P.PPP.c1ccncc1. The van der Waals surface area contributed by atoms with Gasteiger partial charge < -0.3 is 34.9 Å². The molecule has 5 aromatic rings. The molecule has 4 aromatic carbocycles. The Morgan fingerprint density at radius 2 is 1.08 bits per heavy atom. The van der Waals surface area contributed by atoms with Gasteiger partial charge in [-0.1, -0.05) is 107 Å². The number of amides is 2. The van der Waals surface area contributed by atoms with E-state index >= 15 is 0 Å². The summed E-state index contributed by atoms with van der Waals surface area (Å²) >= 11 is 2.71. The van der Waals surface area contributed by atoms with Gasteiger partial charge in [0.05, 0.1) is 25.9 Å². The highest BCUT2D eigenvalue weighted by Crippen LogP contribution is 2.48. The molecule has 16 nitrogen and oxygen atoms in total. The summed E-state index contributed by atoms with van der Waals surface area (Å²) in [7, 11) is 2.33. The maximum absolute atomic E-state index is 14.7. The molecule has 9 rings (SSSR count). The van der Waals surface area contributed by atoms with Gasteiger partial charge in [0.1, 0.15) is 46.7 Å². The maximum atomic E-state index is 14.7. The largest absolute Gasteiger partial charge is 0.425 e. The van der Waals surface area contributed by atoms with Crippen LogP contribution >= 0.6 is 59.2 Å². The molecule has 0 saturated carbocycles. The summed E-state index contributed by atoms with van der Waals surface area (Å²) in [6, 6.07) is 29.9. The number of carbonyl (C=O) groups excluding carboxylic acids is 3. The number of amidine groups is 2. The number of nitrogens with one attached hydrogen (secondary N) is 2. The second kappa shape index (κ2) is 40.2. The number of nitrogens with zero attached hydrogens (tertiary/aromatic N) is 4. The Bertz CT molecular complexity index is 2940. The molecule has 28 heteroatoms. The van der Waals surface area contributed by atoms with Crippen LogP contribution in [0.2, 0.25) is 0 Å². The van der Waals surface area contributed by atoms with Gasteiger partial charge in [-0.25, -0.2) is 27.5 Å². The number of benzene rings is 4. The lowest BCUT2D eigenvalue weighted by Crippen LogP contribution is -2.51. The number of ether oxygens (including phenoxy) is 2. The summed E-state index contributed by atoms with van der Waals surface area (Å²) < 4.78 is 103. The average Bonchev–Trinajstić information content (AvgIpc) is 3.10. The fourth-order valence-electron chi connectivity index (χ4n) is 8.53. The van der Waals surface area contributed by atoms with Crippen molar-refractivity contribution < 1.29 is 63.4 Å². The monoisotopic (exact) mass is 1300 g/mol. The molecule has 4 aliphatic heterocycles. The van der Waals surface area contributed by atoms with E-state index in [4.69, 9.17) is 27.1 Å². The van der Waals surface area contributed by atoms with Gasteiger partial charge in [-0.2, -0.15) is 9.90 Å². The van der Waals surface area contributed by atoms with Gasteiger partial charge in [-0.05, 0) is 81.0 Å². The van der Waals surface area contributed by atoms with E-state index in [1.807, 2.05) is 30.3 Å². The Morgan fingerprint density at radius 1 is 0.699 bits per heavy atom. The predicted molar refractivity (Wildman–Crippen MR) is 339 cm³/mol. The van der Waals surface area contributed by atoms with E-state index in [1.54, 1.807) is 73.4 Å². The fraction of sp³-hybridized carbons (Fsp3) is 0.382. The first-order chi connectivity index (χ1) is 39.3. The number of aromatic nitrogens is 1. The smallest absolute Gasteiger partial charge is 0.394 e. The van der Waals surface area contributed by atoms with E-state index in [1.165, 1.54) is 67.4 Å². The first-order valence-electron chi connectivity index (χ1n) is 25.4. The van der Waals surface area contributed by atoms with Gasteiger partial charge in [0.2, 0.25) is 0 Å². The third kappa shape index (κ3) is 24.9. The quantitative estimate of drug-likeness (QED) is 0.0712. The molecule has 2 amide bonds. The second-order valence-electron chi connectivity index (χ2n) is 17.9. The zero-order valence-electron chi connectivity index (χ0n) is 46.5. The topological polar surface area (TPSA) is 223 Å². The van der Waals surface area contributed by atoms with E-state index in [-0.39, 0.29) is 70.6 Å². The molecule has 0 bridgehead atoms. The lowest BCUT2D eigenvalue weighted by Gasteiger charge is -2.46. The lowest BCUT2D eigenvalue weighted by molar-refractivity contribution is -0.127. The predicted octanol–water partition coefficient (Wildman–Crippen LogP) is 9.11. The molecule has 0 aliphatic carbocycles. The summed E-state index contributed by atoms with van der Waals surface area (Å²) in [5.74, 6) is -2.68. The average molecular weight is 1310 g/mol. The van der Waals surface area contributed by atoms with Crippen LogP contribution in [0, 0.1) is 35.1 Å². The zero-order valence-corrected chi connectivity index (χ0v) is 54.5. The minimum atomic E-state index is -3.11. The minimum Gasteiger partial charge on any atom is -0.394 e. The molecule has 454 valence electrons. The second-order valence-corrected chi connectivity index (χ2v) is 26.2. The molecule has 1 aromatic heterocycles. The number of thioether (sulfide) groups is 2. The van der Waals surface area contributed by atoms with Crippen LogP contribution in [0.5, 0.6) is 0 Å². The molecule has 83 heavy (non-hydrogen) atoms. The normalized spacial score (nSPS) is 20.7. The molecule has 3 N–H and O–H groups in total. The summed E-state index contributed by atoms with van der Waals surface area (Å²) in [5.41, 5.74) is -0.844. The Balaban J connectivity index is 0.000000404. The number of aliphatic imine (C=N–C) groups is 2. The highest BCUT2D eigenvalue weighted by Gasteiger charge is 2.51. The Kier molecular flexibility index (Phi) is 36.2. The van der Waals surface area contributed by atoms with Crippen LogP contribution in [0.3, 0.4) is 0 Å². The Morgan fingerprint density at radius 3 is 1.41 bits per heavy atom. The number of aldehydes is 1. The van der Waals surface area contributed by atoms with Crippen molar-refractivity contribution in [1.82, 2.24) is 20.5 Å².